The van der Waals surface area contributed by atoms with E-state index in [1.807, 2.05) is 0 Å². The summed E-state index contributed by atoms with van der Waals surface area (Å²) in [5.41, 5.74) is 0. The summed E-state index contributed by atoms with van der Waals surface area (Å²) >= 11 is 0. The van der Waals surface area contributed by atoms with Crippen LogP contribution in [0.4, 0.5) is 0 Å². The fraction of sp³-hybridized carbons (Fsp3) is 1.00. The minimum absolute atomic E-state index is 0.536. The first-order valence-corrected chi connectivity index (χ1v) is 7.19. The summed E-state index contributed by atoms with van der Waals surface area (Å²) < 4.78 is 5.66. The van der Waals surface area contributed by atoms with Crippen LogP contribution in [-0.4, -0.2) is 25.3 Å². The number of hydrogen-bond donors (Lipinski definition) is 1. The number of ether oxygens (including phenoxy) is 1. The lowest BCUT2D eigenvalue weighted by molar-refractivity contribution is 0.0962. The van der Waals surface area contributed by atoms with Crippen molar-refractivity contribution in [3.05, 3.63) is 0 Å². The van der Waals surface area contributed by atoms with Gasteiger partial charge in [-0.05, 0) is 45.1 Å². The second-order valence-corrected chi connectivity index (χ2v) is 5.67. The molecule has 0 aromatic rings. The van der Waals surface area contributed by atoms with Crippen LogP contribution in [0.1, 0.15) is 58.3 Å². The van der Waals surface area contributed by atoms with Gasteiger partial charge >= 0.3 is 0 Å². The van der Waals surface area contributed by atoms with Crippen molar-refractivity contribution in [3.63, 3.8) is 0 Å². The third-order valence-electron chi connectivity index (χ3n) is 4.16. The third-order valence-corrected chi connectivity index (χ3v) is 4.16. The normalized spacial score (nSPS) is 28.7. The lowest BCUT2D eigenvalue weighted by Crippen LogP contribution is -2.31. The van der Waals surface area contributed by atoms with E-state index in [4.69, 9.17) is 4.74 Å². The molecular weight excluding hydrogens is 198 g/mol. The molecule has 1 aliphatic heterocycles. The zero-order valence-electron chi connectivity index (χ0n) is 10.7. The van der Waals surface area contributed by atoms with Gasteiger partial charge in [0, 0.05) is 12.6 Å². The molecule has 0 bridgehead atoms. The van der Waals surface area contributed by atoms with Gasteiger partial charge in [0.05, 0.1) is 6.10 Å². The van der Waals surface area contributed by atoms with Gasteiger partial charge in [-0.1, -0.05) is 25.7 Å². The Morgan fingerprint density at radius 3 is 2.69 bits per heavy atom. The first-order valence-electron chi connectivity index (χ1n) is 7.19. The molecule has 2 nitrogen and oxygen atoms in total. The highest BCUT2D eigenvalue weighted by Crippen LogP contribution is 2.27. The van der Waals surface area contributed by atoms with E-state index >= 15 is 0 Å². The van der Waals surface area contributed by atoms with Crippen molar-refractivity contribution in [1.29, 1.82) is 0 Å². The standard InChI is InChI=1S/C14H27NO/c1-12(11-14-7-4-10-16-14)15-9-8-13-5-2-3-6-13/h12-15H,2-11H2,1H3. The number of nitrogens with one attached hydrogen (secondary N) is 1. The van der Waals surface area contributed by atoms with Gasteiger partial charge in [-0.2, -0.15) is 0 Å². The molecule has 94 valence electrons. The van der Waals surface area contributed by atoms with Gasteiger partial charge in [0.15, 0.2) is 0 Å². The predicted molar refractivity (Wildman–Crippen MR) is 67.6 cm³/mol. The molecule has 0 aromatic carbocycles. The van der Waals surface area contributed by atoms with Gasteiger partial charge in [-0.25, -0.2) is 0 Å². The third kappa shape index (κ3) is 4.06. The van der Waals surface area contributed by atoms with Crippen molar-refractivity contribution in [3.8, 4) is 0 Å². The Hall–Kier alpha value is -0.0800. The Kier molecular flexibility index (Phi) is 5.11. The maximum absolute atomic E-state index is 5.66. The first kappa shape index (κ1) is 12.4. The van der Waals surface area contributed by atoms with Crippen LogP contribution >= 0.6 is 0 Å². The fourth-order valence-electron chi connectivity index (χ4n) is 3.14. The van der Waals surface area contributed by atoms with Crippen LogP contribution in [0, 0.1) is 5.92 Å². The fourth-order valence-corrected chi connectivity index (χ4v) is 3.14. The smallest absolute Gasteiger partial charge is 0.0590 e. The SMILES string of the molecule is CC(CC1CCCO1)NCCC1CCCC1. The molecule has 1 N–H and O–H groups in total. The summed E-state index contributed by atoms with van der Waals surface area (Å²) in [4.78, 5) is 0. The van der Waals surface area contributed by atoms with Gasteiger partial charge in [0.25, 0.3) is 0 Å². The van der Waals surface area contributed by atoms with Crippen LogP contribution < -0.4 is 5.32 Å². The Morgan fingerprint density at radius 2 is 2.00 bits per heavy atom. The van der Waals surface area contributed by atoms with Gasteiger partial charge < -0.3 is 10.1 Å². The average molecular weight is 225 g/mol. The van der Waals surface area contributed by atoms with E-state index in [9.17, 15) is 0 Å². The Bertz CT molecular complexity index is 183. The van der Waals surface area contributed by atoms with E-state index in [1.54, 1.807) is 0 Å². The van der Waals surface area contributed by atoms with Crippen molar-refractivity contribution in [2.45, 2.75) is 70.4 Å². The van der Waals surface area contributed by atoms with Crippen molar-refractivity contribution in [2.75, 3.05) is 13.2 Å². The molecule has 0 spiro atoms. The molecule has 2 rings (SSSR count). The van der Waals surface area contributed by atoms with Gasteiger partial charge in [0.2, 0.25) is 0 Å². The lowest BCUT2D eigenvalue weighted by Gasteiger charge is -2.18. The van der Waals surface area contributed by atoms with Crippen molar-refractivity contribution < 1.29 is 4.74 Å². The predicted octanol–water partition coefficient (Wildman–Crippen LogP) is 3.11. The minimum atomic E-state index is 0.536. The maximum Gasteiger partial charge on any atom is 0.0590 e. The van der Waals surface area contributed by atoms with Gasteiger partial charge in [-0.15, -0.1) is 0 Å². The zero-order chi connectivity index (χ0) is 11.2. The van der Waals surface area contributed by atoms with Crippen LogP contribution in [0.3, 0.4) is 0 Å². The molecule has 1 heterocycles. The van der Waals surface area contributed by atoms with Crippen molar-refractivity contribution >= 4 is 0 Å². The van der Waals surface area contributed by atoms with Crippen LogP contribution in [-0.2, 0) is 4.74 Å². The largest absolute Gasteiger partial charge is 0.378 e. The molecule has 2 heteroatoms. The first-order chi connectivity index (χ1) is 7.84. The molecular formula is C14H27NO. The molecule has 1 saturated heterocycles. The van der Waals surface area contributed by atoms with E-state index in [-0.39, 0.29) is 0 Å². The molecule has 2 atom stereocenters. The highest BCUT2D eigenvalue weighted by Gasteiger charge is 2.19. The highest BCUT2D eigenvalue weighted by molar-refractivity contribution is 4.73. The second-order valence-electron chi connectivity index (χ2n) is 5.67. The van der Waals surface area contributed by atoms with E-state index < -0.39 is 0 Å². The summed E-state index contributed by atoms with van der Waals surface area (Å²) in [5.74, 6) is 1.02. The zero-order valence-corrected chi connectivity index (χ0v) is 10.7. The molecule has 1 aliphatic carbocycles. The summed E-state index contributed by atoms with van der Waals surface area (Å²) in [6, 6.07) is 0.629. The molecule has 2 unspecified atom stereocenters. The monoisotopic (exact) mass is 225 g/mol. The van der Waals surface area contributed by atoms with Crippen LogP contribution in [0.5, 0.6) is 0 Å². The maximum atomic E-state index is 5.66. The summed E-state index contributed by atoms with van der Waals surface area (Å²) in [6.45, 7) is 4.49. The summed E-state index contributed by atoms with van der Waals surface area (Å²) in [6.07, 6.45) is 11.5. The van der Waals surface area contributed by atoms with E-state index in [1.165, 1.54) is 57.9 Å². The van der Waals surface area contributed by atoms with Crippen molar-refractivity contribution in [1.82, 2.24) is 5.32 Å². The number of rotatable bonds is 6. The molecule has 16 heavy (non-hydrogen) atoms. The molecule has 1 saturated carbocycles. The molecule has 0 aromatic heterocycles. The molecule has 0 amide bonds. The summed E-state index contributed by atoms with van der Waals surface area (Å²) in [5, 5.41) is 3.66. The van der Waals surface area contributed by atoms with E-state index in [0.29, 0.717) is 12.1 Å². The van der Waals surface area contributed by atoms with Crippen molar-refractivity contribution in [2.24, 2.45) is 5.92 Å². The van der Waals surface area contributed by atoms with E-state index in [0.717, 1.165) is 12.5 Å². The Balaban J connectivity index is 1.51. The quantitative estimate of drug-likeness (QED) is 0.750. The Morgan fingerprint density at radius 1 is 1.19 bits per heavy atom. The average Bonchev–Trinajstić information content (AvgIpc) is 2.90. The second kappa shape index (κ2) is 6.61. The molecule has 2 fully saturated rings. The van der Waals surface area contributed by atoms with Gasteiger partial charge in [-0.3, -0.25) is 0 Å². The van der Waals surface area contributed by atoms with Crippen LogP contribution in [0.2, 0.25) is 0 Å². The number of hydrogen-bond acceptors (Lipinski definition) is 2. The molecule has 2 aliphatic rings. The Labute approximate surface area is 100 Å². The minimum Gasteiger partial charge on any atom is -0.378 e. The topological polar surface area (TPSA) is 21.3 Å². The van der Waals surface area contributed by atoms with Crippen LogP contribution in [0.15, 0.2) is 0 Å². The van der Waals surface area contributed by atoms with E-state index in [2.05, 4.69) is 12.2 Å². The summed E-state index contributed by atoms with van der Waals surface area (Å²) in [7, 11) is 0. The highest BCUT2D eigenvalue weighted by atomic mass is 16.5. The molecule has 0 radical (unpaired) electrons. The van der Waals surface area contributed by atoms with Crippen LogP contribution in [0.25, 0.3) is 0 Å². The lowest BCUT2D eigenvalue weighted by atomic mass is 10.0. The van der Waals surface area contributed by atoms with Gasteiger partial charge in [0.1, 0.15) is 0 Å².